The molecule has 0 radical (unpaired) electrons. The van der Waals surface area contributed by atoms with Crippen LogP contribution in [0.15, 0.2) is 72.8 Å². The van der Waals surface area contributed by atoms with Gasteiger partial charge in [-0.25, -0.2) is 0 Å². The van der Waals surface area contributed by atoms with Gasteiger partial charge in [0.2, 0.25) is 0 Å². The average molecular weight is 539 g/mol. The van der Waals surface area contributed by atoms with E-state index in [1.54, 1.807) is 0 Å². The van der Waals surface area contributed by atoms with Crippen LogP contribution < -0.4 is 21.2 Å². The van der Waals surface area contributed by atoms with Crippen LogP contribution in [0.2, 0.25) is 0 Å². The molecule has 2 atom stereocenters. The number of benzene rings is 4. The van der Waals surface area contributed by atoms with Crippen LogP contribution in [0.4, 0.5) is 0 Å². The van der Waals surface area contributed by atoms with Crippen molar-refractivity contribution in [3.8, 4) is 0 Å². The lowest BCUT2D eigenvalue weighted by Crippen LogP contribution is -2.32. The molecule has 0 aliphatic heterocycles. The minimum absolute atomic E-state index is 0.514. The van der Waals surface area contributed by atoms with Crippen LogP contribution in [0, 0.1) is 55.4 Å². The number of hydrogen-bond acceptors (Lipinski definition) is 0. The molecule has 0 fully saturated rings. The summed E-state index contributed by atoms with van der Waals surface area (Å²) in [5, 5.41) is 6.05. The van der Waals surface area contributed by atoms with E-state index in [9.17, 15) is 0 Å². The van der Waals surface area contributed by atoms with Crippen LogP contribution in [-0.2, 0) is 0 Å². The molecule has 4 aromatic rings. The topological polar surface area (TPSA) is 0 Å². The Balaban J connectivity index is 1.91. The van der Waals surface area contributed by atoms with E-state index in [4.69, 9.17) is 0 Å². The van der Waals surface area contributed by atoms with Gasteiger partial charge in [0.05, 0.1) is 0 Å². The van der Waals surface area contributed by atoms with Gasteiger partial charge in [0.1, 0.15) is 0 Å². The molecule has 0 N–H and O–H groups in total. The fraction of sp³-hybridized carbons (Fsp3) is 0.333. The summed E-state index contributed by atoms with van der Waals surface area (Å²) in [5.74, 6) is 0. The van der Waals surface area contributed by atoms with Gasteiger partial charge in [-0.3, -0.25) is 0 Å². The van der Waals surface area contributed by atoms with E-state index in [2.05, 4.69) is 142 Å². The number of hydrogen-bond donors (Lipinski definition) is 0. The molecule has 0 saturated heterocycles. The summed E-state index contributed by atoms with van der Waals surface area (Å²) >= 11 is 0. The van der Waals surface area contributed by atoms with E-state index < -0.39 is 15.8 Å². The highest BCUT2D eigenvalue weighted by molar-refractivity contribution is 7.77. The second-order valence-electron chi connectivity index (χ2n) is 11.6. The maximum atomic E-state index is 2.53. The van der Waals surface area contributed by atoms with Crippen molar-refractivity contribution in [2.24, 2.45) is 0 Å². The minimum Gasteiger partial charge on any atom is -0.0573 e. The summed E-state index contributed by atoms with van der Waals surface area (Å²) in [4.78, 5) is 0. The Hall–Kier alpha value is -2.26. The smallest absolute Gasteiger partial charge is 0.00861 e. The Morgan fingerprint density at radius 3 is 0.632 bits per heavy atom. The molecule has 0 aliphatic carbocycles. The summed E-state index contributed by atoms with van der Waals surface area (Å²) in [6.45, 7) is 23.0. The van der Waals surface area contributed by atoms with E-state index in [1.165, 1.54) is 65.7 Å². The molecule has 4 rings (SSSR count). The van der Waals surface area contributed by atoms with Crippen molar-refractivity contribution in [3.05, 3.63) is 117 Å². The summed E-state index contributed by atoms with van der Waals surface area (Å²) in [6.07, 6.45) is 0. The van der Waals surface area contributed by atoms with Crippen LogP contribution in [0.3, 0.4) is 0 Å². The van der Waals surface area contributed by atoms with Gasteiger partial charge >= 0.3 is 0 Å². The SMILES string of the molecule is Cc1cc(C)cc(P(c2cc(C)cc(C)c2)C(C)C(C)P(c2cc(C)cc(C)c2)c2cc(C)cc(C)c2)c1. The van der Waals surface area contributed by atoms with Crippen LogP contribution in [0.25, 0.3) is 0 Å². The third-order valence-corrected chi connectivity index (χ3v) is 13.5. The van der Waals surface area contributed by atoms with Crippen molar-refractivity contribution in [2.45, 2.75) is 80.6 Å². The molecule has 0 aromatic heterocycles. The third kappa shape index (κ3) is 6.65. The molecule has 0 bridgehead atoms. The summed E-state index contributed by atoms with van der Waals surface area (Å²) in [5.41, 5.74) is 11.9. The molecule has 0 amide bonds. The van der Waals surface area contributed by atoms with Crippen molar-refractivity contribution in [1.29, 1.82) is 0 Å². The fourth-order valence-corrected chi connectivity index (χ4v) is 12.9. The van der Waals surface area contributed by atoms with Gasteiger partial charge in [0.15, 0.2) is 0 Å². The maximum absolute atomic E-state index is 2.53. The van der Waals surface area contributed by atoms with E-state index >= 15 is 0 Å². The Bertz CT molecular complexity index is 1150. The second-order valence-corrected chi connectivity index (χ2v) is 16.8. The highest BCUT2D eigenvalue weighted by Gasteiger charge is 2.33. The lowest BCUT2D eigenvalue weighted by atomic mass is 10.2. The standard InChI is InChI=1S/C36H44P2/c1-23-11-24(2)16-33(15-23)37(34-17-25(3)12-26(4)18-34)31(9)32(10)38(35-19-27(5)13-28(6)20-35)36-21-29(7)14-30(8)22-36/h11-22,31-32H,1-10H3. The van der Waals surface area contributed by atoms with Gasteiger partial charge in [-0.2, -0.15) is 0 Å². The van der Waals surface area contributed by atoms with E-state index in [1.807, 2.05) is 0 Å². The molecule has 0 saturated carbocycles. The molecule has 38 heavy (non-hydrogen) atoms. The zero-order valence-corrected chi connectivity index (χ0v) is 26.8. The first kappa shape index (κ1) is 28.7. The quantitative estimate of drug-likeness (QED) is 0.207. The fourth-order valence-electron chi connectivity index (χ4n) is 6.03. The Labute approximate surface area is 234 Å². The highest BCUT2D eigenvalue weighted by atomic mass is 31.1. The number of aryl methyl sites for hydroxylation is 8. The van der Waals surface area contributed by atoms with E-state index in [0.29, 0.717) is 11.3 Å². The molecule has 4 aromatic carbocycles. The van der Waals surface area contributed by atoms with Crippen LogP contribution in [0.5, 0.6) is 0 Å². The predicted molar refractivity (Wildman–Crippen MR) is 175 cm³/mol. The van der Waals surface area contributed by atoms with Crippen molar-refractivity contribution >= 4 is 37.1 Å². The van der Waals surface area contributed by atoms with Crippen molar-refractivity contribution in [3.63, 3.8) is 0 Å². The minimum atomic E-state index is -0.544. The molecule has 0 spiro atoms. The van der Waals surface area contributed by atoms with Crippen LogP contribution in [-0.4, -0.2) is 11.3 Å². The summed E-state index contributed by atoms with van der Waals surface area (Å²) < 4.78 is 0. The van der Waals surface area contributed by atoms with Crippen molar-refractivity contribution in [1.82, 2.24) is 0 Å². The molecule has 0 nitrogen and oxygen atoms in total. The number of rotatable bonds is 7. The first-order valence-electron chi connectivity index (χ1n) is 13.8. The normalized spacial score (nSPS) is 13.3. The molecular weight excluding hydrogens is 494 g/mol. The Morgan fingerprint density at radius 1 is 0.316 bits per heavy atom. The maximum Gasteiger partial charge on any atom is -0.00861 e. The van der Waals surface area contributed by atoms with Crippen molar-refractivity contribution < 1.29 is 0 Å². The average Bonchev–Trinajstić information content (AvgIpc) is 2.76. The Kier molecular flexibility index (Phi) is 8.97. The molecule has 2 heteroatoms. The monoisotopic (exact) mass is 538 g/mol. The van der Waals surface area contributed by atoms with E-state index in [0.717, 1.165) is 0 Å². The highest BCUT2D eigenvalue weighted by Crippen LogP contribution is 2.52. The predicted octanol–water partition coefficient (Wildman–Crippen LogP) is 8.50. The molecule has 2 unspecified atom stereocenters. The van der Waals surface area contributed by atoms with Gasteiger partial charge in [-0.05, 0) is 104 Å². The second kappa shape index (κ2) is 11.9. The first-order chi connectivity index (χ1) is 17.9. The van der Waals surface area contributed by atoms with Gasteiger partial charge < -0.3 is 0 Å². The van der Waals surface area contributed by atoms with Crippen LogP contribution >= 0.6 is 15.8 Å². The van der Waals surface area contributed by atoms with Crippen LogP contribution in [0.1, 0.15) is 58.4 Å². The summed E-state index contributed by atoms with van der Waals surface area (Å²) in [6, 6.07) is 28.9. The summed E-state index contributed by atoms with van der Waals surface area (Å²) in [7, 11) is -1.09. The van der Waals surface area contributed by atoms with E-state index in [-0.39, 0.29) is 0 Å². The lowest BCUT2D eigenvalue weighted by molar-refractivity contribution is 0.911. The zero-order valence-electron chi connectivity index (χ0n) is 25.0. The first-order valence-corrected chi connectivity index (χ1v) is 16.6. The molecule has 198 valence electrons. The molecule has 0 aliphatic rings. The lowest BCUT2D eigenvalue weighted by Gasteiger charge is -2.36. The molecular formula is C36H44P2. The molecule has 0 heterocycles. The zero-order chi connectivity index (χ0) is 27.7. The van der Waals surface area contributed by atoms with Crippen molar-refractivity contribution in [2.75, 3.05) is 0 Å². The Morgan fingerprint density at radius 2 is 0.474 bits per heavy atom. The van der Waals surface area contributed by atoms with Gasteiger partial charge in [-0.1, -0.05) is 131 Å². The van der Waals surface area contributed by atoms with Gasteiger partial charge in [-0.15, -0.1) is 0 Å². The largest absolute Gasteiger partial charge is 0.0573 e. The third-order valence-electron chi connectivity index (χ3n) is 7.45. The van der Waals surface area contributed by atoms with Gasteiger partial charge in [0.25, 0.3) is 0 Å². The van der Waals surface area contributed by atoms with Gasteiger partial charge in [0, 0.05) is 0 Å².